The first-order valence-electron chi connectivity index (χ1n) is 9.63. The molecular weight excluding hydrogens is 498 g/mol. The maximum atomic E-state index is 13.6. The van der Waals surface area contributed by atoms with E-state index in [1.54, 1.807) is 26.4 Å². The topological polar surface area (TPSA) is 58.1 Å². The van der Waals surface area contributed by atoms with Gasteiger partial charge in [-0.3, -0.25) is 0 Å². The van der Waals surface area contributed by atoms with Crippen molar-refractivity contribution in [1.29, 1.82) is 0 Å². The van der Waals surface area contributed by atoms with E-state index in [0.717, 1.165) is 29.2 Å². The highest BCUT2D eigenvalue weighted by Gasteiger charge is 2.15. The highest BCUT2D eigenvalue weighted by atomic mass is 127. The van der Waals surface area contributed by atoms with Gasteiger partial charge in [-0.1, -0.05) is 12.1 Å². The molecule has 2 N–H and O–H groups in total. The van der Waals surface area contributed by atoms with E-state index >= 15 is 0 Å². The molecule has 0 aromatic heterocycles. The van der Waals surface area contributed by atoms with E-state index in [1.165, 1.54) is 6.07 Å². The Morgan fingerprint density at radius 2 is 1.87 bits per heavy atom. The van der Waals surface area contributed by atoms with Crippen LogP contribution < -0.4 is 20.1 Å². The maximum Gasteiger partial charge on any atom is 0.191 e. The molecule has 30 heavy (non-hydrogen) atoms. The zero-order chi connectivity index (χ0) is 21.2. The van der Waals surface area contributed by atoms with Gasteiger partial charge in [0, 0.05) is 24.7 Å². The third kappa shape index (κ3) is 7.64. The number of likely N-dealkylation sites (N-methyl/N-ethyl adjacent to an activating group) is 1. The fourth-order valence-corrected chi connectivity index (χ4v) is 2.99. The van der Waals surface area contributed by atoms with Crippen molar-refractivity contribution in [1.82, 2.24) is 15.5 Å². The quantitative estimate of drug-likeness (QED) is 0.294. The molecule has 0 saturated heterocycles. The minimum atomic E-state index is -0.235. The standard InChI is InChI=1S/C22H31FN4O2.HI/c1-6-24-22(25-14-17-10-11-19(28-4)13-21(17)29-5)26-15-20(27(2)3)16-8-7-9-18(23)12-16;/h7-13,20H,6,14-15H2,1-5H3,(H2,24,25,26);1H. The van der Waals surface area contributed by atoms with Crippen LogP contribution in [0.4, 0.5) is 4.39 Å². The monoisotopic (exact) mass is 530 g/mol. The molecule has 2 aromatic rings. The largest absolute Gasteiger partial charge is 0.497 e. The van der Waals surface area contributed by atoms with Crippen LogP contribution in [0.2, 0.25) is 0 Å². The fourth-order valence-electron chi connectivity index (χ4n) is 2.99. The van der Waals surface area contributed by atoms with Gasteiger partial charge in [0.1, 0.15) is 17.3 Å². The normalized spacial score (nSPS) is 12.2. The Morgan fingerprint density at radius 1 is 1.10 bits per heavy atom. The van der Waals surface area contributed by atoms with E-state index in [9.17, 15) is 4.39 Å². The zero-order valence-electron chi connectivity index (χ0n) is 18.2. The first kappa shape index (κ1) is 26.0. The Bertz CT molecular complexity index is 817. The predicted octanol–water partition coefficient (Wildman–Crippen LogP) is 3.82. The lowest BCUT2D eigenvalue weighted by Crippen LogP contribution is -2.41. The number of guanidine groups is 1. The molecule has 1 atom stereocenters. The Hall–Kier alpha value is -2.07. The predicted molar refractivity (Wildman–Crippen MR) is 131 cm³/mol. The van der Waals surface area contributed by atoms with Gasteiger partial charge in [0.05, 0.1) is 26.8 Å². The molecule has 2 rings (SSSR count). The molecule has 0 heterocycles. The van der Waals surface area contributed by atoms with Gasteiger partial charge in [0.25, 0.3) is 0 Å². The molecule has 0 aliphatic rings. The second kappa shape index (κ2) is 13.3. The van der Waals surface area contributed by atoms with Crippen LogP contribution in [0.3, 0.4) is 0 Å². The lowest BCUT2D eigenvalue weighted by Gasteiger charge is -2.26. The Morgan fingerprint density at radius 3 is 2.47 bits per heavy atom. The van der Waals surface area contributed by atoms with Crippen LogP contribution in [0, 0.1) is 5.82 Å². The summed E-state index contributed by atoms with van der Waals surface area (Å²) in [6.07, 6.45) is 0. The number of hydrogen-bond acceptors (Lipinski definition) is 4. The van der Waals surface area contributed by atoms with Gasteiger partial charge < -0.3 is 25.0 Å². The van der Waals surface area contributed by atoms with Gasteiger partial charge in [0.15, 0.2) is 5.96 Å². The third-order valence-electron chi connectivity index (χ3n) is 4.57. The molecule has 6 nitrogen and oxygen atoms in total. The minimum Gasteiger partial charge on any atom is -0.497 e. The Kier molecular flexibility index (Phi) is 11.5. The van der Waals surface area contributed by atoms with Crippen molar-refractivity contribution in [3.05, 3.63) is 59.4 Å². The molecule has 0 saturated carbocycles. The minimum absolute atomic E-state index is 0. The van der Waals surface area contributed by atoms with Crippen molar-refractivity contribution in [2.75, 3.05) is 41.4 Å². The molecule has 0 aliphatic carbocycles. The third-order valence-corrected chi connectivity index (χ3v) is 4.57. The number of aliphatic imine (C=N–C) groups is 1. The van der Waals surface area contributed by atoms with Gasteiger partial charge in [0.2, 0.25) is 0 Å². The number of nitrogens with one attached hydrogen (secondary N) is 2. The number of nitrogens with zero attached hydrogens (tertiary/aromatic N) is 2. The number of halogens is 2. The molecule has 0 amide bonds. The average molecular weight is 530 g/mol. The summed E-state index contributed by atoms with van der Waals surface area (Å²) < 4.78 is 24.3. The van der Waals surface area contributed by atoms with E-state index in [4.69, 9.17) is 9.47 Å². The molecule has 0 spiro atoms. The molecule has 0 radical (unpaired) electrons. The first-order chi connectivity index (χ1) is 14.0. The molecule has 8 heteroatoms. The SMILES string of the molecule is CCNC(=NCc1ccc(OC)cc1OC)NCC(c1cccc(F)c1)N(C)C.I. The van der Waals surface area contributed by atoms with Gasteiger partial charge in [-0.05, 0) is 50.8 Å². The summed E-state index contributed by atoms with van der Waals surface area (Å²) in [7, 11) is 7.21. The molecule has 0 fully saturated rings. The van der Waals surface area contributed by atoms with Gasteiger partial charge in [-0.15, -0.1) is 24.0 Å². The van der Waals surface area contributed by atoms with Crippen molar-refractivity contribution in [3.8, 4) is 11.5 Å². The number of ether oxygens (including phenoxy) is 2. The Balaban J connectivity index is 0.00000450. The van der Waals surface area contributed by atoms with Gasteiger partial charge in [-0.2, -0.15) is 0 Å². The summed E-state index contributed by atoms with van der Waals surface area (Å²) in [5.74, 6) is 1.92. The Labute approximate surface area is 195 Å². The molecule has 2 aromatic carbocycles. The number of rotatable bonds is 9. The first-order valence-corrected chi connectivity index (χ1v) is 9.63. The lowest BCUT2D eigenvalue weighted by molar-refractivity contribution is 0.297. The lowest BCUT2D eigenvalue weighted by atomic mass is 10.1. The molecule has 166 valence electrons. The van der Waals surface area contributed by atoms with Crippen LogP contribution in [0.25, 0.3) is 0 Å². The van der Waals surface area contributed by atoms with Crippen molar-refractivity contribution in [2.45, 2.75) is 19.5 Å². The number of benzene rings is 2. The summed E-state index contributed by atoms with van der Waals surface area (Å²) in [6, 6.07) is 12.4. The van der Waals surface area contributed by atoms with Crippen LogP contribution in [0.15, 0.2) is 47.5 Å². The summed E-state index contributed by atoms with van der Waals surface area (Å²) >= 11 is 0. The summed E-state index contributed by atoms with van der Waals surface area (Å²) in [5.41, 5.74) is 1.87. The van der Waals surface area contributed by atoms with E-state index in [-0.39, 0.29) is 35.8 Å². The smallest absolute Gasteiger partial charge is 0.191 e. The molecule has 0 aliphatic heterocycles. The van der Waals surface area contributed by atoms with Gasteiger partial charge in [-0.25, -0.2) is 9.38 Å². The van der Waals surface area contributed by atoms with E-state index in [2.05, 4.69) is 20.5 Å². The fraction of sp³-hybridized carbons (Fsp3) is 0.409. The molecule has 0 bridgehead atoms. The van der Waals surface area contributed by atoms with Crippen molar-refractivity contribution in [3.63, 3.8) is 0 Å². The number of methoxy groups -OCH3 is 2. The second-order valence-electron chi connectivity index (χ2n) is 6.79. The van der Waals surface area contributed by atoms with Crippen LogP contribution >= 0.6 is 24.0 Å². The van der Waals surface area contributed by atoms with Gasteiger partial charge >= 0.3 is 0 Å². The highest BCUT2D eigenvalue weighted by molar-refractivity contribution is 14.0. The van der Waals surface area contributed by atoms with Crippen LogP contribution in [-0.4, -0.2) is 52.3 Å². The summed E-state index contributed by atoms with van der Waals surface area (Å²) in [5, 5.41) is 6.61. The number of hydrogen-bond donors (Lipinski definition) is 2. The summed E-state index contributed by atoms with van der Waals surface area (Å²) in [6.45, 7) is 3.79. The van der Waals surface area contributed by atoms with Crippen molar-refractivity contribution in [2.24, 2.45) is 4.99 Å². The highest BCUT2D eigenvalue weighted by Crippen LogP contribution is 2.25. The summed E-state index contributed by atoms with van der Waals surface area (Å²) in [4.78, 5) is 6.72. The van der Waals surface area contributed by atoms with E-state index in [1.807, 2.05) is 45.3 Å². The van der Waals surface area contributed by atoms with E-state index < -0.39 is 0 Å². The molecule has 1 unspecified atom stereocenters. The maximum absolute atomic E-state index is 13.6. The van der Waals surface area contributed by atoms with Crippen molar-refractivity contribution >= 4 is 29.9 Å². The van der Waals surface area contributed by atoms with Crippen LogP contribution in [0.5, 0.6) is 11.5 Å². The van der Waals surface area contributed by atoms with Crippen molar-refractivity contribution < 1.29 is 13.9 Å². The zero-order valence-corrected chi connectivity index (χ0v) is 20.6. The average Bonchev–Trinajstić information content (AvgIpc) is 2.71. The van der Waals surface area contributed by atoms with Crippen LogP contribution in [0.1, 0.15) is 24.1 Å². The molecular formula is C22H32FIN4O2. The van der Waals surface area contributed by atoms with Crippen LogP contribution in [-0.2, 0) is 6.54 Å². The van der Waals surface area contributed by atoms with E-state index in [0.29, 0.717) is 19.0 Å². The second-order valence-corrected chi connectivity index (χ2v) is 6.79.